The monoisotopic (exact) mass is 547 g/mol. The number of halogens is 1. The highest BCUT2D eigenvalue weighted by Crippen LogP contribution is 2.31. The summed E-state index contributed by atoms with van der Waals surface area (Å²) in [6.45, 7) is 3.13. The molecule has 8 nitrogen and oxygen atoms in total. The molecular weight excluding hydrogens is 509 g/mol. The van der Waals surface area contributed by atoms with Crippen molar-refractivity contribution in [3.05, 3.63) is 59.4 Å². The van der Waals surface area contributed by atoms with Crippen molar-refractivity contribution in [3.8, 4) is 5.75 Å². The third-order valence-electron chi connectivity index (χ3n) is 6.89. The van der Waals surface area contributed by atoms with Gasteiger partial charge in [0.1, 0.15) is 24.2 Å². The zero-order chi connectivity index (χ0) is 27.9. The predicted octanol–water partition coefficient (Wildman–Crippen LogP) is 4.17. The van der Waals surface area contributed by atoms with Crippen LogP contribution in [0.25, 0.3) is 0 Å². The summed E-state index contributed by atoms with van der Waals surface area (Å²) in [4.78, 5) is 28.7. The number of ether oxygens (including phenoxy) is 1. The average Bonchev–Trinajstić information content (AvgIpc) is 2.88. The normalized spacial score (nSPS) is 15.0. The van der Waals surface area contributed by atoms with Crippen LogP contribution in [0.1, 0.15) is 56.6 Å². The van der Waals surface area contributed by atoms with Gasteiger partial charge in [0.15, 0.2) is 0 Å². The van der Waals surface area contributed by atoms with Crippen LogP contribution >= 0.6 is 0 Å². The molecule has 1 unspecified atom stereocenters. The Kier molecular flexibility index (Phi) is 10.1. The van der Waals surface area contributed by atoms with E-state index in [0.717, 1.165) is 48.2 Å². The molecule has 2 amide bonds. The van der Waals surface area contributed by atoms with E-state index < -0.39 is 34.3 Å². The molecule has 1 N–H and O–H groups in total. The molecule has 1 aliphatic rings. The largest absolute Gasteiger partial charge is 0.495 e. The second-order valence-electron chi connectivity index (χ2n) is 9.86. The summed E-state index contributed by atoms with van der Waals surface area (Å²) in [6.07, 6.45) is 6.37. The predicted molar refractivity (Wildman–Crippen MR) is 146 cm³/mol. The van der Waals surface area contributed by atoms with Crippen LogP contribution in [0.4, 0.5) is 10.1 Å². The highest BCUT2D eigenvalue weighted by Gasteiger charge is 2.33. The van der Waals surface area contributed by atoms with E-state index in [0.29, 0.717) is 17.7 Å². The van der Waals surface area contributed by atoms with E-state index >= 15 is 0 Å². The average molecular weight is 548 g/mol. The SMILES string of the molecule is CCC(C(=O)NC1CCCCC1)N(Cc1ccc(F)cc1)C(=O)CN(c1cc(C)ccc1OC)S(C)(=O)=O. The maximum absolute atomic E-state index is 13.9. The maximum Gasteiger partial charge on any atom is 0.244 e. The van der Waals surface area contributed by atoms with Crippen molar-refractivity contribution in [1.82, 2.24) is 10.2 Å². The van der Waals surface area contributed by atoms with E-state index in [1.165, 1.54) is 24.1 Å². The molecule has 0 heterocycles. The van der Waals surface area contributed by atoms with E-state index in [-0.39, 0.29) is 24.2 Å². The first kappa shape index (κ1) is 29.4. The Morgan fingerprint density at radius 3 is 2.34 bits per heavy atom. The Labute approximate surface area is 225 Å². The van der Waals surface area contributed by atoms with Gasteiger partial charge in [0.2, 0.25) is 21.8 Å². The number of carbonyl (C=O) groups is 2. The molecule has 1 atom stereocenters. The van der Waals surface area contributed by atoms with Crippen LogP contribution in [-0.2, 0) is 26.2 Å². The van der Waals surface area contributed by atoms with Crippen LogP contribution in [0.15, 0.2) is 42.5 Å². The van der Waals surface area contributed by atoms with Crippen LogP contribution in [0.2, 0.25) is 0 Å². The number of hydrogen-bond donors (Lipinski definition) is 1. The number of amides is 2. The lowest BCUT2D eigenvalue weighted by molar-refractivity contribution is -0.140. The number of methoxy groups -OCH3 is 1. The van der Waals surface area contributed by atoms with Gasteiger partial charge < -0.3 is 15.0 Å². The number of nitrogens with zero attached hydrogens (tertiary/aromatic N) is 2. The Hall–Kier alpha value is -3.14. The van der Waals surface area contributed by atoms with Crippen LogP contribution in [-0.4, -0.2) is 57.1 Å². The van der Waals surface area contributed by atoms with E-state index in [9.17, 15) is 22.4 Å². The Balaban J connectivity index is 1.95. The van der Waals surface area contributed by atoms with Crippen molar-refractivity contribution in [1.29, 1.82) is 0 Å². The van der Waals surface area contributed by atoms with E-state index in [1.807, 2.05) is 13.8 Å². The van der Waals surface area contributed by atoms with Gasteiger partial charge in [-0.1, -0.05) is 44.4 Å². The molecule has 0 radical (unpaired) electrons. The molecular formula is C28H38FN3O5S. The Morgan fingerprint density at radius 2 is 1.76 bits per heavy atom. The number of anilines is 1. The number of nitrogens with one attached hydrogen (secondary N) is 1. The summed E-state index contributed by atoms with van der Waals surface area (Å²) in [5.74, 6) is -0.924. The topological polar surface area (TPSA) is 96.0 Å². The highest BCUT2D eigenvalue weighted by atomic mass is 32.2. The fourth-order valence-corrected chi connectivity index (χ4v) is 5.68. The number of hydrogen-bond acceptors (Lipinski definition) is 5. The van der Waals surface area contributed by atoms with Gasteiger partial charge in [-0.25, -0.2) is 12.8 Å². The Bertz CT molecular complexity index is 1210. The van der Waals surface area contributed by atoms with Gasteiger partial charge in [0, 0.05) is 12.6 Å². The molecule has 2 aromatic rings. The smallest absolute Gasteiger partial charge is 0.244 e. The van der Waals surface area contributed by atoms with Crippen molar-refractivity contribution in [2.45, 2.75) is 71.0 Å². The fourth-order valence-electron chi connectivity index (χ4n) is 4.84. The number of aryl methyl sites for hydroxylation is 1. The first-order valence-corrected chi connectivity index (χ1v) is 14.8. The molecule has 0 aliphatic heterocycles. The molecule has 0 spiro atoms. The molecule has 208 valence electrons. The molecule has 38 heavy (non-hydrogen) atoms. The zero-order valence-corrected chi connectivity index (χ0v) is 23.4. The van der Waals surface area contributed by atoms with E-state index in [2.05, 4.69) is 5.32 Å². The van der Waals surface area contributed by atoms with Crippen LogP contribution in [0, 0.1) is 12.7 Å². The van der Waals surface area contributed by atoms with Gasteiger partial charge >= 0.3 is 0 Å². The second kappa shape index (κ2) is 13.1. The lowest BCUT2D eigenvalue weighted by Crippen LogP contribution is -2.54. The van der Waals surface area contributed by atoms with Crippen molar-refractivity contribution in [2.75, 3.05) is 24.2 Å². The molecule has 0 aromatic heterocycles. The molecule has 1 aliphatic carbocycles. The second-order valence-corrected chi connectivity index (χ2v) is 11.8. The molecule has 2 aromatic carbocycles. The van der Waals surface area contributed by atoms with E-state index in [1.54, 1.807) is 30.3 Å². The quantitative estimate of drug-likeness (QED) is 0.456. The summed E-state index contributed by atoms with van der Waals surface area (Å²) in [7, 11) is -2.46. The number of benzene rings is 2. The minimum absolute atomic E-state index is 0.0261. The lowest BCUT2D eigenvalue weighted by atomic mass is 9.95. The van der Waals surface area contributed by atoms with Crippen LogP contribution < -0.4 is 14.4 Å². The molecule has 10 heteroatoms. The summed E-state index contributed by atoms with van der Waals surface area (Å²) in [5.41, 5.74) is 1.66. The van der Waals surface area contributed by atoms with Gasteiger partial charge in [-0.15, -0.1) is 0 Å². The first-order valence-electron chi connectivity index (χ1n) is 13.0. The minimum atomic E-state index is -3.89. The van der Waals surface area contributed by atoms with Gasteiger partial charge in [0.25, 0.3) is 0 Å². The number of rotatable bonds is 11. The van der Waals surface area contributed by atoms with Crippen molar-refractivity contribution in [2.24, 2.45) is 0 Å². The van der Waals surface area contributed by atoms with Gasteiger partial charge in [0.05, 0.1) is 19.1 Å². The van der Waals surface area contributed by atoms with E-state index in [4.69, 9.17) is 4.74 Å². The molecule has 3 rings (SSSR count). The van der Waals surface area contributed by atoms with Gasteiger partial charge in [-0.2, -0.15) is 0 Å². The summed E-state index contributed by atoms with van der Waals surface area (Å²) in [5, 5.41) is 3.10. The lowest BCUT2D eigenvalue weighted by Gasteiger charge is -2.34. The van der Waals surface area contributed by atoms with Crippen molar-refractivity contribution >= 4 is 27.5 Å². The molecule has 0 saturated heterocycles. The zero-order valence-electron chi connectivity index (χ0n) is 22.6. The molecule has 1 fully saturated rings. The number of sulfonamides is 1. The van der Waals surface area contributed by atoms with Gasteiger partial charge in [-0.3, -0.25) is 13.9 Å². The molecule has 1 saturated carbocycles. The molecule has 0 bridgehead atoms. The number of carbonyl (C=O) groups excluding carboxylic acids is 2. The van der Waals surface area contributed by atoms with Crippen LogP contribution in [0.3, 0.4) is 0 Å². The standard InChI is InChI=1S/C28H38FN3O5S/c1-5-24(28(34)30-23-9-7-6-8-10-23)31(18-21-12-14-22(29)15-13-21)27(33)19-32(38(4,35)36)25-17-20(2)11-16-26(25)37-3/h11-17,23-24H,5-10,18-19H2,1-4H3,(H,30,34). The van der Waals surface area contributed by atoms with Gasteiger partial charge in [-0.05, 0) is 61.6 Å². The van der Waals surface area contributed by atoms with Crippen LogP contribution in [0.5, 0.6) is 5.75 Å². The summed E-state index contributed by atoms with van der Waals surface area (Å²) < 4.78 is 45.7. The van der Waals surface area contributed by atoms with Crippen molar-refractivity contribution in [3.63, 3.8) is 0 Å². The summed E-state index contributed by atoms with van der Waals surface area (Å²) >= 11 is 0. The van der Waals surface area contributed by atoms with Crippen molar-refractivity contribution < 1.29 is 27.1 Å². The third-order valence-corrected chi connectivity index (χ3v) is 8.01. The minimum Gasteiger partial charge on any atom is -0.495 e. The fraction of sp³-hybridized carbons (Fsp3) is 0.500. The first-order chi connectivity index (χ1) is 18.0. The summed E-state index contributed by atoms with van der Waals surface area (Å²) in [6, 6.07) is 10.0. The third kappa shape index (κ3) is 7.69. The highest BCUT2D eigenvalue weighted by molar-refractivity contribution is 7.92. The Morgan fingerprint density at radius 1 is 1.11 bits per heavy atom. The maximum atomic E-state index is 13.9.